The van der Waals surface area contributed by atoms with Gasteiger partial charge < -0.3 is 5.32 Å². The van der Waals surface area contributed by atoms with Crippen LogP contribution in [0, 0.1) is 17.3 Å². The van der Waals surface area contributed by atoms with E-state index >= 15 is 0 Å². The SMILES string of the molecule is CSc1ccc(NC(=O)[C@H]2[C@H](C=C(C)C)C2(C)C)cc1. The third-order valence-corrected chi connectivity index (χ3v) is 4.81. The first kappa shape index (κ1) is 15.2. The van der Waals surface area contributed by atoms with Crippen molar-refractivity contribution < 1.29 is 4.79 Å². The zero-order chi connectivity index (χ0) is 14.9. The van der Waals surface area contributed by atoms with Crippen molar-refractivity contribution in [1.82, 2.24) is 0 Å². The number of carbonyl (C=O) groups excluding carboxylic acids is 1. The van der Waals surface area contributed by atoms with Gasteiger partial charge in [-0.25, -0.2) is 0 Å². The Hall–Kier alpha value is -1.22. The molecule has 1 aliphatic carbocycles. The second-order valence-corrected chi connectivity index (χ2v) is 7.17. The Labute approximate surface area is 126 Å². The number of anilines is 1. The molecule has 1 aromatic carbocycles. The van der Waals surface area contributed by atoms with Gasteiger partial charge in [0.15, 0.2) is 0 Å². The smallest absolute Gasteiger partial charge is 0.228 e. The van der Waals surface area contributed by atoms with E-state index in [4.69, 9.17) is 0 Å². The van der Waals surface area contributed by atoms with Crippen molar-refractivity contribution in [3.8, 4) is 0 Å². The molecule has 3 heteroatoms. The molecule has 0 saturated heterocycles. The van der Waals surface area contributed by atoms with Crippen molar-refractivity contribution in [3.63, 3.8) is 0 Å². The summed E-state index contributed by atoms with van der Waals surface area (Å²) in [6.45, 7) is 8.51. The van der Waals surface area contributed by atoms with Crippen LogP contribution in [0.5, 0.6) is 0 Å². The highest BCUT2D eigenvalue weighted by Gasteiger charge is 2.60. The van der Waals surface area contributed by atoms with Crippen LogP contribution in [0.3, 0.4) is 0 Å². The highest BCUT2D eigenvalue weighted by molar-refractivity contribution is 7.98. The molecule has 0 unspecified atom stereocenters. The first-order valence-electron chi connectivity index (χ1n) is 6.96. The standard InChI is InChI=1S/C17H23NOS/c1-11(2)10-14-15(17(14,3)4)16(19)18-12-6-8-13(20-5)9-7-12/h6-10,14-15H,1-5H3,(H,18,19)/t14-,15+/m0/s1. The minimum Gasteiger partial charge on any atom is -0.326 e. The Morgan fingerprint density at radius 3 is 2.35 bits per heavy atom. The summed E-state index contributed by atoms with van der Waals surface area (Å²) in [6.07, 6.45) is 4.27. The van der Waals surface area contributed by atoms with Gasteiger partial charge in [-0.05, 0) is 55.7 Å². The van der Waals surface area contributed by atoms with Crippen molar-refractivity contribution in [2.45, 2.75) is 32.6 Å². The summed E-state index contributed by atoms with van der Waals surface area (Å²) >= 11 is 1.70. The maximum atomic E-state index is 12.4. The molecule has 0 aromatic heterocycles. The Morgan fingerprint density at radius 1 is 1.25 bits per heavy atom. The van der Waals surface area contributed by atoms with Crippen LogP contribution in [0.15, 0.2) is 40.8 Å². The number of allylic oxidation sites excluding steroid dienone is 2. The molecule has 1 fully saturated rings. The Kier molecular flexibility index (Phi) is 4.28. The second-order valence-electron chi connectivity index (χ2n) is 6.29. The van der Waals surface area contributed by atoms with Gasteiger partial charge >= 0.3 is 0 Å². The molecule has 0 radical (unpaired) electrons. The van der Waals surface area contributed by atoms with Crippen LogP contribution in [0.1, 0.15) is 27.7 Å². The van der Waals surface area contributed by atoms with Crippen LogP contribution in [0.2, 0.25) is 0 Å². The lowest BCUT2D eigenvalue weighted by Gasteiger charge is -2.06. The predicted octanol–water partition coefficient (Wildman–Crippen LogP) is 4.59. The Morgan fingerprint density at radius 2 is 1.85 bits per heavy atom. The van der Waals surface area contributed by atoms with Gasteiger partial charge in [0.05, 0.1) is 5.92 Å². The molecule has 1 aromatic rings. The molecule has 108 valence electrons. The lowest BCUT2D eigenvalue weighted by Crippen LogP contribution is -2.16. The number of thioether (sulfide) groups is 1. The fraction of sp³-hybridized carbons (Fsp3) is 0.471. The van der Waals surface area contributed by atoms with E-state index in [2.05, 4.69) is 39.1 Å². The molecular formula is C17H23NOS. The number of amides is 1. The molecule has 0 heterocycles. The monoisotopic (exact) mass is 289 g/mol. The van der Waals surface area contributed by atoms with E-state index in [1.807, 2.05) is 30.5 Å². The van der Waals surface area contributed by atoms with Crippen molar-refractivity contribution in [3.05, 3.63) is 35.9 Å². The van der Waals surface area contributed by atoms with E-state index in [0.717, 1.165) is 5.69 Å². The predicted molar refractivity (Wildman–Crippen MR) is 87.0 cm³/mol. The van der Waals surface area contributed by atoms with E-state index in [-0.39, 0.29) is 17.2 Å². The van der Waals surface area contributed by atoms with E-state index in [0.29, 0.717) is 5.92 Å². The Bertz CT molecular complexity index is 526. The van der Waals surface area contributed by atoms with E-state index in [1.54, 1.807) is 11.8 Å². The van der Waals surface area contributed by atoms with Gasteiger partial charge in [0.2, 0.25) is 5.91 Å². The third-order valence-electron chi connectivity index (χ3n) is 4.06. The molecule has 0 bridgehead atoms. The van der Waals surface area contributed by atoms with Crippen LogP contribution >= 0.6 is 11.8 Å². The number of nitrogens with one attached hydrogen (secondary N) is 1. The summed E-state index contributed by atoms with van der Waals surface area (Å²) in [4.78, 5) is 13.6. The molecule has 1 amide bonds. The zero-order valence-corrected chi connectivity index (χ0v) is 13.7. The molecule has 0 aliphatic heterocycles. The molecule has 1 saturated carbocycles. The molecule has 1 N–H and O–H groups in total. The van der Waals surface area contributed by atoms with Gasteiger partial charge in [-0.2, -0.15) is 0 Å². The van der Waals surface area contributed by atoms with Gasteiger partial charge in [0.1, 0.15) is 0 Å². The van der Waals surface area contributed by atoms with Gasteiger partial charge in [0, 0.05) is 10.6 Å². The number of benzene rings is 1. The summed E-state index contributed by atoms with van der Waals surface area (Å²) in [5.74, 6) is 0.574. The second kappa shape index (κ2) is 5.65. The molecule has 2 atom stereocenters. The molecule has 1 aliphatic rings. The molecular weight excluding hydrogens is 266 g/mol. The minimum atomic E-state index is 0.0700. The van der Waals surface area contributed by atoms with Crippen molar-refractivity contribution in [2.75, 3.05) is 11.6 Å². The van der Waals surface area contributed by atoms with Crippen LogP contribution in [0.25, 0.3) is 0 Å². The fourth-order valence-electron chi connectivity index (χ4n) is 2.74. The van der Waals surface area contributed by atoms with Crippen molar-refractivity contribution in [2.24, 2.45) is 17.3 Å². The average molecular weight is 289 g/mol. The van der Waals surface area contributed by atoms with Crippen LogP contribution < -0.4 is 5.32 Å². The maximum Gasteiger partial charge on any atom is 0.228 e. The highest BCUT2D eigenvalue weighted by Crippen LogP contribution is 2.59. The molecule has 2 rings (SSSR count). The van der Waals surface area contributed by atoms with Crippen LogP contribution in [0.4, 0.5) is 5.69 Å². The largest absolute Gasteiger partial charge is 0.326 e. The summed E-state index contributed by atoms with van der Waals surface area (Å²) in [5.41, 5.74) is 2.23. The lowest BCUT2D eigenvalue weighted by molar-refractivity contribution is -0.118. The summed E-state index contributed by atoms with van der Waals surface area (Å²) in [5, 5.41) is 3.04. The highest BCUT2D eigenvalue weighted by atomic mass is 32.2. The summed E-state index contributed by atoms with van der Waals surface area (Å²) in [7, 11) is 0. The van der Waals surface area contributed by atoms with Crippen molar-refractivity contribution >= 4 is 23.4 Å². The number of rotatable bonds is 4. The molecule has 2 nitrogen and oxygen atoms in total. The topological polar surface area (TPSA) is 29.1 Å². The van der Waals surface area contributed by atoms with Gasteiger partial charge in [-0.3, -0.25) is 4.79 Å². The Balaban J connectivity index is 2.04. The van der Waals surface area contributed by atoms with E-state index in [1.165, 1.54) is 10.5 Å². The summed E-state index contributed by atoms with van der Waals surface area (Å²) < 4.78 is 0. The average Bonchev–Trinajstić information content (AvgIpc) is 2.91. The van der Waals surface area contributed by atoms with E-state index < -0.39 is 0 Å². The zero-order valence-electron chi connectivity index (χ0n) is 12.9. The minimum absolute atomic E-state index is 0.0700. The first-order chi connectivity index (χ1) is 9.36. The number of hydrogen-bond donors (Lipinski definition) is 1. The third kappa shape index (κ3) is 3.09. The number of carbonyl (C=O) groups is 1. The maximum absolute atomic E-state index is 12.4. The van der Waals surface area contributed by atoms with Gasteiger partial charge in [0.25, 0.3) is 0 Å². The first-order valence-corrected chi connectivity index (χ1v) is 8.18. The van der Waals surface area contributed by atoms with E-state index in [9.17, 15) is 4.79 Å². The van der Waals surface area contributed by atoms with Gasteiger partial charge in [-0.15, -0.1) is 11.8 Å². The normalized spacial score (nSPS) is 23.1. The number of hydrogen-bond acceptors (Lipinski definition) is 2. The van der Waals surface area contributed by atoms with Crippen LogP contribution in [-0.4, -0.2) is 12.2 Å². The lowest BCUT2D eigenvalue weighted by atomic mass is 10.1. The fourth-order valence-corrected chi connectivity index (χ4v) is 3.15. The molecule has 0 spiro atoms. The van der Waals surface area contributed by atoms with Crippen molar-refractivity contribution in [1.29, 1.82) is 0 Å². The van der Waals surface area contributed by atoms with Crippen LogP contribution in [-0.2, 0) is 4.79 Å². The van der Waals surface area contributed by atoms with Gasteiger partial charge in [-0.1, -0.05) is 25.5 Å². The summed E-state index contributed by atoms with van der Waals surface area (Å²) in [6, 6.07) is 8.00. The molecule has 20 heavy (non-hydrogen) atoms. The quantitative estimate of drug-likeness (QED) is 0.649.